The molecule has 2 aromatic rings. The van der Waals surface area contributed by atoms with Crippen molar-refractivity contribution in [3.63, 3.8) is 0 Å². The van der Waals surface area contributed by atoms with Gasteiger partial charge in [-0.2, -0.15) is 5.26 Å². The van der Waals surface area contributed by atoms with Crippen LogP contribution >= 0.6 is 23.2 Å². The summed E-state index contributed by atoms with van der Waals surface area (Å²) < 4.78 is 27.5. The highest BCUT2D eigenvalue weighted by Crippen LogP contribution is 2.33. The van der Waals surface area contributed by atoms with E-state index in [0.29, 0.717) is 0 Å². The van der Waals surface area contributed by atoms with Gasteiger partial charge in [0.15, 0.2) is 0 Å². The fourth-order valence-electron chi connectivity index (χ4n) is 1.53. The van der Waals surface area contributed by atoms with Crippen molar-refractivity contribution >= 4 is 23.2 Å². The van der Waals surface area contributed by atoms with Gasteiger partial charge in [0, 0.05) is 11.6 Å². The molecule has 0 aromatic heterocycles. The van der Waals surface area contributed by atoms with Crippen LogP contribution in [0.25, 0.3) is 11.1 Å². The lowest BCUT2D eigenvalue weighted by molar-refractivity contribution is 0.589. The molecule has 18 heavy (non-hydrogen) atoms. The molecule has 0 aliphatic heterocycles. The Morgan fingerprint density at radius 1 is 1.11 bits per heavy atom. The normalized spacial score (nSPS) is 10.2. The van der Waals surface area contributed by atoms with Crippen molar-refractivity contribution in [1.82, 2.24) is 0 Å². The Kier molecular flexibility index (Phi) is 3.51. The largest absolute Gasteiger partial charge is 0.206 e. The van der Waals surface area contributed by atoms with Crippen LogP contribution in [0.5, 0.6) is 0 Å². The maximum absolute atomic E-state index is 13.8. The number of hydrogen-bond donors (Lipinski definition) is 0. The number of nitrogens with zero attached hydrogens (tertiary/aromatic N) is 1. The smallest absolute Gasteiger partial charge is 0.135 e. The van der Waals surface area contributed by atoms with E-state index in [2.05, 4.69) is 6.07 Å². The first-order chi connectivity index (χ1) is 8.52. The molecule has 0 unspecified atom stereocenters. The number of rotatable bonds is 1. The second-order valence-electron chi connectivity index (χ2n) is 3.46. The predicted molar refractivity (Wildman–Crippen MR) is 65.4 cm³/mol. The van der Waals surface area contributed by atoms with Gasteiger partial charge in [0.05, 0.1) is 27.2 Å². The van der Waals surface area contributed by atoms with Crippen LogP contribution in [0.4, 0.5) is 8.78 Å². The van der Waals surface area contributed by atoms with Crippen molar-refractivity contribution in [1.29, 1.82) is 5.26 Å². The van der Waals surface area contributed by atoms with Crippen LogP contribution in [0.3, 0.4) is 0 Å². The average Bonchev–Trinajstić information content (AvgIpc) is 2.30. The van der Waals surface area contributed by atoms with Gasteiger partial charge in [-0.05, 0) is 18.2 Å². The van der Waals surface area contributed by atoms with E-state index in [4.69, 9.17) is 28.5 Å². The van der Waals surface area contributed by atoms with Gasteiger partial charge in [-0.25, -0.2) is 8.78 Å². The third kappa shape index (κ3) is 2.31. The van der Waals surface area contributed by atoms with E-state index in [9.17, 15) is 8.78 Å². The molecule has 2 rings (SSSR count). The molecule has 0 aliphatic carbocycles. The monoisotopic (exact) mass is 282 g/mol. The molecule has 0 aliphatic rings. The van der Waals surface area contributed by atoms with Crippen LogP contribution in [0.1, 0.15) is 5.56 Å². The molecule has 0 amide bonds. The molecule has 0 saturated carbocycles. The molecule has 0 heterocycles. The summed E-state index contributed by atoms with van der Waals surface area (Å²) in [6, 6.07) is 8.95. The zero-order chi connectivity index (χ0) is 13.3. The molecule has 89 valence electrons. The zero-order valence-corrected chi connectivity index (χ0v) is 10.3. The molecule has 5 heteroatoms. The van der Waals surface area contributed by atoms with Gasteiger partial charge < -0.3 is 0 Å². The van der Waals surface area contributed by atoms with E-state index < -0.39 is 11.6 Å². The maximum atomic E-state index is 13.8. The summed E-state index contributed by atoms with van der Waals surface area (Å²) in [6.45, 7) is 0. The molecule has 0 bridgehead atoms. The van der Waals surface area contributed by atoms with Crippen molar-refractivity contribution in [3.05, 3.63) is 57.6 Å². The van der Waals surface area contributed by atoms with Crippen molar-refractivity contribution in [2.24, 2.45) is 0 Å². The summed E-state index contributed by atoms with van der Waals surface area (Å²) in [7, 11) is 0. The van der Waals surface area contributed by atoms with Crippen molar-refractivity contribution in [3.8, 4) is 17.2 Å². The lowest BCUT2D eigenvalue weighted by Gasteiger charge is -2.08. The van der Waals surface area contributed by atoms with E-state index >= 15 is 0 Å². The van der Waals surface area contributed by atoms with Gasteiger partial charge in [-0.3, -0.25) is 0 Å². The van der Waals surface area contributed by atoms with Crippen LogP contribution in [-0.4, -0.2) is 0 Å². The van der Waals surface area contributed by atoms with E-state index in [1.54, 1.807) is 6.07 Å². The molecule has 2 aromatic carbocycles. The molecule has 0 N–H and O–H groups in total. The molecule has 0 saturated heterocycles. The summed E-state index contributed by atoms with van der Waals surface area (Å²) in [5, 5.41) is 8.87. The molecule has 0 fully saturated rings. The Labute approximate surface area is 112 Å². The van der Waals surface area contributed by atoms with Gasteiger partial charge in [0.1, 0.15) is 11.6 Å². The predicted octanol–water partition coefficient (Wildman–Crippen LogP) is 4.61. The fourth-order valence-corrected chi connectivity index (χ4v) is 2.00. The van der Waals surface area contributed by atoms with Gasteiger partial charge in [-0.15, -0.1) is 0 Å². The van der Waals surface area contributed by atoms with E-state index in [1.165, 1.54) is 12.1 Å². The van der Waals surface area contributed by atoms with Crippen molar-refractivity contribution < 1.29 is 8.78 Å². The number of benzene rings is 2. The Morgan fingerprint density at radius 2 is 1.72 bits per heavy atom. The second kappa shape index (κ2) is 4.93. The molecule has 1 radical (unpaired) electrons. The van der Waals surface area contributed by atoms with Crippen molar-refractivity contribution in [2.75, 3.05) is 0 Å². The highest BCUT2D eigenvalue weighted by Gasteiger charge is 2.16. The molecule has 1 nitrogen and oxygen atoms in total. The minimum atomic E-state index is -0.857. The SMILES string of the molecule is N#Cc1cc(F)c(-c2ccc(Cl)[c]c2Cl)c(F)c1. The molecule has 0 spiro atoms. The van der Waals surface area contributed by atoms with Crippen LogP contribution in [-0.2, 0) is 0 Å². The third-order valence-corrected chi connectivity index (χ3v) is 2.82. The minimum Gasteiger partial charge on any atom is -0.206 e. The average molecular weight is 283 g/mol. The molecular formula is C13H4Cl2F2N. The van der Waals surface area contributed by atoms with Crippen LogP contribution < -0.4 is 0 Å². The highest BCUT2D eigenvalue weighted by atomic mass is 35.5. The van der Waals surface area contributed by atoms with Crippen LogP contribution in [0, 0.1) is 29.0 Å². The van der Waals surface area contributed by atoms with Crippen molar-refractivity contribution in [2.45, 2.75) is 0 Å². The summed E-state index contributed by atoms with van der Waals surface area (Å²) in [6.07, 6.45) is 0. The number of hydrogen-bond acceptors (Lipinski definition) is 1. The maximum Gasteiger partial charge on any atom is 0.135 e. The standard InChI is InChI=1S/C13H4Cl2F2N/c14-8-1-2-9(10(15)5-8)13-11(16)3-7(6-18)4-12(13)17/h1-4H. The second-order valence-corrected chi connectivity index (χ2v) is 4.25. The minimum absolute atomic E-state index is 0.0185. The Morgan fingerprint density at radius 3 is 2.22 bits per heavy atom. The van der Waals surface area contributed by atoms with Gasteiger partial charge in [0.25, 0.3) is 0 Å². The number of nitriles is 1. The van der Waals surface area contributed by atoms with Crippen LogP contribution in [0.2, 0.25) is 10.0 Å². The Balaban J connectivity index is 2.68. The first-order valence-electron chi connectivity index (χ1n) is 4.79. The van der Waals surface area contributed by atoms with Gasteiger partial charge >= 0.3 is 0 Å². The quantitative estimate of drug-likeness (QED) is 0.749. The lowest BCUT2D eigenvalue weighted by atomic mass is 10.0. The van der Waals surface area contributed by atoms with Gasteiger partial charge in [-0.1, -0.05) is 29.3 Å². The van der Waals surface area contributed by atoms with E-state index in [0.717, 1.165) is 12.1 Å². The first-order valence-corrected chi connectivity index (χ1v) is 5.55. The zero-order valence-electron chi connectivity index (χ0n) is 8.77. The highest BCUT2D eigenvalue weighted by molar-refractivity contribution is 6.36. The molecule has 0 atom stereocenters. The first kappa shape index (κ1) is 12.8. The van der Waals surface area contributed by atoms with Crippen LogP contribution in [0.15, 0.2) is 24.3 Å². The Hall–Kier alpha value is -1.63. The summed E-state index contributed by atoms with van der Waals surface area (Å²) in [5.41, 5.74) is -0.254. The summed E-state index contributed by atoms with van der Waals surface area (Å²) in [4.78, 5) is 0. The van der Waals surface area contributed by atoms with E-state index in [-0.39, 0.29) is 26.7 Å². The summed E-state index contributed by atoms with van der Waals surface area (Å²) >= 11 is 11.5. The summed E-state index contributed by atoms with van der Waals surface area (Å²) in [5.74, 6) is -1.71. The topological polar surface area (TPSA) is 23.8 Å². The third-order valence-electron chi connectivity index (χ3n) is 2.30. The van der Waals surface area contributed by atoms with E-state index in [1.807, 2.05) is 0 Å². The molecular weight excluding hydrogens is 279 g/mol. The Bertz CT molecular complexity index is 640. The van der Waals surface area contributed by atoms with Gasteiger partial charge in [0.2, 0.25) is 0 Å². The fraction of sp³-hybridized carbons (Fsp3) is 0. The number of halogens is 4. The lowest BCUT2D eigenvalue weighted by Crippen LogP contribution is -1.93.